The third kappa shape index (κ3) is 4.18. The molecule has 2 fully saturated rings. The van der Waals surface area contributed by atoms with E-state index in [2.05, 4.69) is 5.32 Å². The van der Waals surface area contributed by atoms with Crippen molar-refractivity contribution in [3.05, 3.63) is 64.1 Å². The van der Waals surface area contributed by atoms with Crippen LogP contribution in [-0.4, -0.2) is 58.5 Å². The Labute approximate surface area is 197 Å². The normalized spacial score (nSPS) is 23.5. The molecule has 4 amide bonds. The molecule has 0 radical (unpaired) electrons. The van der Waals surface area contributed by atoms with Gasteiger partial charge in [-0.3, -0.25) is 19.3 Å². The number of aromatic nitrogens is 1. The largest absolute Gasteiger partial charge is 0.497 e. The number of fused-ring (bicyclic) bond motifs is 4. The van der Waals surface area contributed by atoms with Gasteiger partial charge in [0.1, 0.15) is 11.8 Å². The SMILES string of the molecule is COc1ccc(CN2C(=O)N[C@@H](CCC(=O)N3C[C@@H]4C[C@H](C3)c3cccc(=O)n3C4)C2=O)cc1. The third-order valence-electron chi connectivity index (χ3n) is 7.09. The second-order valence-electron chi connectivity index (χ2n) is 9.31. The van der Waals surface area contributed by atoms with E-state index >= 15 is 0 Å². The number of pyridine rings is 1. The summed E-state index contributed by atoms with van der Waals surface area (Å²) >= 11 is 0. The van der Waals surface area contributed by atoms with Crippen LogP contribution in [0.5, 0.6) is 5.75 Å². The molecule has 2 bridgehead atoms. The highest BCUT2D eigenvalue weighted by molar-refractivity contribution is 6.04. The minimum atomic E-state index is -0.696. The van der Waals surface area contributed by atoms with E-state index < -0.39 is 12.1 Å². The molecule has 9 nitrogen and oxygen atoms in total. The molecule has 3 aliphatic rings. The summed E-state index contributed by atoms with van der Waals surface area (Å²) in [4.78, 5) is 53.5. The van der Waals surface area contributed by atoms with Crippen molar-refractivity contribution in [3.8, 4) is 5.75 Å². The number of carbonyl (C=O) groups excluding carboxylic acids is 3. The predicted octanol–water partition coefficient (Wildman–Crippen LogP) is 1.70. The smallest absolute Gasteiger partial charge is 0.325 e. The fourth-order valence-corrected chi connectivity index (χ4v) is 5.36. The van der Waals surface area contributed by atoms with Crippen molar-refractivity contribution >= 4 is 17.8 Å². The lowest BCUT2D eigenvalue weighted by atomic mass is 9.83. The maximum absolute atomic E-state index is 13.0. The van der Waals surface area contributed by atoms with Crippen LogP contribution in [0.15, 0.2) is 47.3 Å². The number of urea groups is 1. The van der Waals surface area contributed by atoms with Gasteiger partial charge in [0.15, 0.2) is 0 Å². The molecule has 178 valence electrons. The molecule has 4 heterocycles. The lowest BCUT2D eigenvalue weighted by molar-refractivity contribution is -0.134. The number of amides is 4. The Morgan fingerprint density at radius 2 is 1.85 bits per heavy atom. The van der Waals surface area contributed by atoms with Gasteiger partial charge in [0, 0.05) is 43.7 Å². The molecular weight excluding hydrogens is 436 g/mol. The fourth-order valence-electron chi connectivity index (χ4n) is 5.36. The molecule has 34 heavy (non-hydrogen) atoms. The van der Waals surface area contributed by atoms with Gasteiger partial charge in [-0.15, -0.1) is 0 Å². The number of hydrogen-bond acceptors (Lipinski definition) is 5. The molecular formula is C25H28N4O5. The van der Waals surface area contributed by atoms with E-state index in [1.807, 2.05) is 27.7 Å². The number of hydrogen-bond donors (Lipinski definition) is 1. The zero-order valence-corrected chi connectivity index (χ0v) is 19.1. The summed E-state index contributed by atoms with van der Waals surface area (Å²) in [5, 5.41) is 2.72. The molecule has 1 aromatic carbocycles. The first-order valence-electron chi connectivity index (χ1n) is 11.6. The lowest BCUT2D eigenvalue weighted by Crippen LogP contribution is -2.49. The van der Waals surface area contributed by atoms with Gasteiger partial charge in [0.05, 0.1) is 13.7 Å². The second-order valence-corrected chi connectivity index (χ2v) is 9.31. The van der Waals surface area contributed by atoms with Gasteiger partial charge in [-0.1, -0.05) is 18.2 Å². The minimum Gasteiger partial charge on any atom is -0.497 e. The Morgan fingerprint density at radius 3 is 2.62 bits per heavy atom. The first-order chi connectivity index (χ1) is 16.4. The van der Waals surface area contributed by atoms with Crippen LogP contribution in [0.3, 0.4) is 0 Å². The average molecular weight is 465 g/mol. The molecule has 0 aliphatic carbocycles. The quantitative estimate of drug-likeness (QED) is 0.656. The van der Waals surface area contributed by atoms with E-state index in [1.165, 1.54) is 4.90 Å². The first-order valence-corrected chi connectivity index (χ1v) is 11.6. The van der Waals surface area contributed by atoms with Crippen molar-refractivity contribution in [1.29, 1.82) is 0 Å². The molecule has 1 aromatic heterocycles. The Balaban J connectivity index is 1.18. The first kappa shape index (κ1) is 22.2. The molecule has 0 spiro atoms. The lowest BCUT2D eigenvalue weighted by Gasteiger charge is -2.42. The zero-order valence-electron chi connectivity index (χ0n) is 19.1. The van der Waals surface area contributed by atoms with E-state index in [0.717, 1.165) is 17.7 Å². The summed E-state index contributed by atoms with van der Waals surface area (Å²) in [7, 11) is 1.58. The number of likely N-dealkylation sites (tertiary alicyclic amines) is 1. The van der Waals surface area contributed by atoms with Crippen molar-refractivity contribution < 1.29 is 19.1 Å². The van der Waals surface area contributed by atoms with Crippen molar-refractivity contribution in [3.63, 3.8) is 0 Å². The van der Waals surface area contributed by atoms with Crippen LogP contribution >= 0.6 is 0 Å². The molecule has 5 rings (SSSR count). The molecule has 0 unspecified atom stereocenters. The maximum atomic E-state index is 13.0. The summed E-state index contributed by atoms with van der Waals surface area (Å²) in [6, 6.07) is 11.4. The Morgan fingerprint density at radius 1 is 1.06 bits per heavy atom. The second kappa shape index (κ2) is 8.96. The molecule has 1 N–H and O–H groups in total. The maximum Gasteiger partial charge on any atom is 0.325 e. The topological polar surface area (TPSA) is 101 Å². The molecule has 3 atom stereocenters. The number of carbonyl (C=O) groups is 3. The summed E-state index contributed by atoms with van der Waals surface area (Å²) < 4.78 is 6.98. The number of rotatable bonds is 6. The van der Waals surface area contributed by atoms with Gasteiger partial charge >= 0.3 is 6.03 Å². The van der Waals surface area contributed by atoms with Crippen molar-refractivity contribution in [2.75, 3.05) is 20.2 Å². The molecule has 0 saturated carbocycles. The number of piperidine rings is 1. The van der Waals surface area contributed by atoms with Crippen LogP contribution in [-0.2, 0) is 22.7 Å². The minimum absolute atomic E-state index is 0.0154. The Hall–Kier alpha value is -3.62. The van der Waals surface area contributed by atoms with E-state index in [1.54, 1.807) is 31.4 Å². The number of benzene rings is 1. The van der Waals surface area contributed by atoms with E-state index in [4.69, 9.17) is 4.74 Å². The van der Waals surface area contributed by atoms with Crippen molar-refractivity contribution in [2.45, 2.75) is 44.3 Å². The number of nitrogens with zero attached hydrogens (tertiary/aromatic N) is 3. The van der Waals surface area contributed by atoms with Gasteiger partial charge in [0.2, 0.25) is 5.91 Å². The summed E-state index contributed by atoms with van der Waals surface area (Å²) in [5.74, 6) is 0.783. The Kier molecular flexibility index (Phi) is 5.85. The van der Waals surface area contributed by atoms with Crippen LogP contribution in [0, 0.1) is 5.92 Å². The number of imide groups is 1. The average Bonchev–Trinajstić information content (AvgIpc) is 3.11. The van der Waals surface area contributed by atoms with Gasteiger partial charge in [0.25, 0.3) is 11.5 Å². The van der Waals surface area contributed by atoms with Crippen LogP contribution in [0.25, 0.3) is 0 Å². The highest BCUT2D eigenvalue weighted by atomic mass is 16.5. The van der Waals surface area contributed by atoms with Crippen LogP contribution < -0.4 is 15.6 Å². The van der Waals surface area contributed by atoms with Gasteiger partial charge < -0.3 is 19.5 Å². The van der Waals surface area contributed by atoms with Crippen molar-refractivity contribution in [2.24, 2.45) is 5.92 Å². The monoisotopic (exact) mass is 464 g/mol. The standard InChI is InChI=1S/C25H28N4O5/c1-34-19-7-5-16(6-8-19)13-29-24(32)20(26-25(29)33)9-10-22(30)27-12-17-11-18(15-27)21-3-2-4-23(31)28(21)14-17/h2-8,17-18,20H,9-15H2,1H3,(H,26,33)/t17-,18+,20-/m0/s1. The van der Waals surface area contributed by atoms with Gasteiger partial charge in [-0.25, -0.2) is 4.79 Å². The predicted molar refractivity (Wildman–Crippen MR) is 123 cm³/mol. The number of methoxy groups -OCH3 is 1. The highest BCUT2D eigenvalue weighted by Gasteiger charge is 2.39. The molecule has 2 saturated heterocycles. The number of nitrogens with one attached hydrogen (secondary N) is 1. The van der Waals surface area contributed by atoms with Crippen LogP contribution in [0.2, 0.25) is 0 Å². The summed E-state index contributed by atoms with van der Waals surface area (Å²) in [5.41, 5.74) is 1.83. The third-order valence-corrected chi connectivity index (χ3v) is 7.09. The fraction of sp³-hybridized carbons (Fsp3) is 0.440. The molecule has 9 heteroatoms. The zero-order chi connectivity index (χ0) is 23.8. The summed E-state index contributed by atoms with van der Waals surface area (Å²) in [6.45, 7) is 2.00. The van der Waals surface area contributed by atoms with E-state index in [-0.39, 0.29) is 48.6 Å². The van der Waals surface area contributed by atoms with E-state index in [0.29, 0.717) is 25.4 Å². The van der Waals surface area contributed by atoms with Crippen molar-refractivity contribution in [1.82, 2.24) is 19.7 Å². The van der Waals surface area contributed by atoms with Gasteiger partial charge in [-0.2, -0.15) is 0 Å². The van der Waals surface area contributed by atoms with Gasteiger partial charge in [-0.05, 0) is 42.5 Å². The number of ether oxygens (including phenoxy) is 1. The molecule has 2 aromatic rings. The highest BCUT2D eigenvalue weighted by Crippen LogP contribution is 2.35. The molecule has 3 aliphatic heterocycles. The van der Waals surface area contributed by atoms with Crippen LogP contribution in [0.4, 0.5) is 4.79 Å². The van der Waals surface area contributed by atoms with Crippen LogP contribution in [0.1, 0.15) is 36.4 Å². The Bertz CT molecular complexity index is 1170. The van der Waals surface area contributed by atoms with E-state index in [9.17, 15) is 19.2 Å². The summed E-state index contributed by atoms with van der Waals surface area (Å²) in [6.07, 6.45) is 1.43.